The van der Waals surface area contributed by atoms with Crippen LogP contribution in [0.15, 0.2) is 11.4 Å². The largest absolute Gasteiger partial charge is 0.480 e. The minimum absolute atomic E-state index is 0.0183. The van der Waals surface area contributed by atoms with E-state index in [-0.39, 0.29) is 6.54 Å². The average molecular weight is 206 g/mol. The van der Waals surface area contributed by atoms with Crippen LogP contribution >= 0.6 is 22.9 Å². The van der Waals surface area contributed by atoms with Crippen molar-refractivity contribution in [2.24, 2.45) is 0 Å². The molecule has 12 heavy (non-hydrogen) atoms. The summed E-state index contributed by atoms with van der Waals surface area (Å²) >= 11 is 7.18. The zero-order valence-corrected chi connectivity index (χ0v) is 7.78. The van der Waals surface area contributed by atoms with Gasteiger partial charge in [0, 0.05) is 16.8 Å². The summed E-state index contributed by atoms with van der Waals surface area (Å²) in [5, 5.41) is 13.6. The maximum Gasteiger partial charge on any atom is 0.317 e. The van der Waals surface area contributed by atoms with E-state index in [1.165, 1.54) is 11.3 Å². The Morgan fingerprint density at radius 1 is 1.75 bits per heavy atom. The summed E-state index contributed by atoms with van der Waals surface area (Å²) in [5.41, 5.74) is 0. The monoisotopic (exact) mass is 205 g/mol. The van der Waals surface area contributed by atoms with E-state index in [0.29, 0.717) is 11.6 Å². The summed E-state index contributed by atoms with van der Waals surface area (Å²) in [6, 6.07) is 1.82. The highest BCUT2D eigenvalue weighted by molar-refractivity contribution is 7.10. The summed E-state index contributed by atoms with van der Waals surface area (Å²) in [5.74, 6) is -0.849. The van der Waals surface area contributed by atoms with Crippen LogP contribution in [0.4, 0.5) is 0 Å². The first-order valence-corrected chi connectivity index (χ1v) is 4.59. The fourth-order valence-corrected chi connectivity index (χ4v) is 1.78. The summed E-state index contributed by atoms with van der Waals surface area (Å²) in [7, 11) is 0. The Kier molecular flexibility index (Phi) is 3.52. The number of nitrogens with one attached hydrogen (secondary N) is 1. The number of aliphatic carboxylic acids is 1. The molecule has 0 fully saturated rings. The summed E-state index contributed by atoms with van der Waals surface area (Å²) < 4.78 is 0. The Morgan fingerprint density at radius 3 is 3.00 bits per heavy atom. The molecule has 1 aromatic heterocycles. The molecule has 0 amide bonds. The van der Waals surface area contributed by atoms with E-state index in [0.717, 1.165) is 4.88 Å². The Bertz CT molecular complexity index is 274. The molecule has 1 aromatic rings. The topological polar surface area (TPSA) is 49.3 Å². The van der Waals surface area contributed by atoms with E-state index in [9.17, 15) is 4.79 Å². The molecular formula is C7H8ClNO2S. The second-order valence-electron chi connectivity index (χ2n) is 2.23. The van der Waals surface area contributed by atoms with Crippen molar-refractivity contribution in [1.82, 2.24) is 5.32 Å². The molecule has 0 unspecified atom stereocenters. The normalized spacial score (nSPS) is 10.1. The van der Waals surface area contributed by atoms with Crippen molar-refractivity contribution in [2.45, 2.75) is 6.54 Å². The van der Waals surface area contributed by atoms with Gasteiger partial charge in [-0.05, 0) is 6.07 Å². The first kappa shape index (κ1) is 9.51. The minimum atomic E-state index is -0.849. The molecule has 0 radical (unpaired) electrons. The van der Waals surface area contributed by atoms with Gasteiger partial charge in [0.25, 0.3) is 0 Å². The first-order valence-electron chi connectivity index (χ1n) is 3.34. The molecule has 66 valence electrons. The van der Waals surface area contributed by atoms with Crippen molar-refractivity contribution >= 4 is 28.9 Å². The van der Waals surface area contributed by atoms with Gasteiger partial charge in [-0.1, -0.05) is 11.6 Å². The first-order chi connectivity index (χ1) is 5.68. The van der Waals surface area contributed by atoms with Crippen LogP contribution < -0.4 is 5.32 Å². The molecule has 5 heteroatoms. The summed E-state index contributed by atoms with van der Waals surface area (Å²) in [6.07, 6.45) is 0. The third kappa shape index (κ3) is 3.21. The van der Waals surface area contributed by atoms with Crippen molar-refractivity contribution in [2.75, 3.05) is 6.54 Å². The van der Waals surface area contributed by atoms with Crippen LogP contribution in [0.2, 0.25) is 5.02 Å². The Morgan fingerprint density at radius 2 is 2.50 bits per heavy atom. The van der Waals surface area contributed by atoms with E-state index in [1.807, 2.05) is 11.4 Å². The lowest BCUT2D eigenvalue weighted by molar-refractivity contribution is -0.135. The van der Waals surface area contributed by atoms with Gasteiger partial charge in [-0.3, -0.25) is 4.79 Å². The molecule has 0 bridgehead atoms. The minimum Gasteiger partial charge on any atom is -0.480 e. The SMILES string of the molecule is O=C(O)CNCc1cc(Cl)cs1. The molecular weight excluding hydrogens is 198 g/mol. The second kappa shape index (κ2) is 4.45. The predicted molar refractivity (Wildman–Crippen MR) is 48.7 cm³/mol. The lowest BCUT2D eigenvalue weighted by Crippen LogP contribution is -2.21. The quantitative estimate of drug-likeness (QED) is 0.785. The molecule has 0 aliphatic rings. The molecule has 1 heterocycles. The second-order valence-corrected chi connectivity index (χ2v) is 3.66. The van der Waals surface area contributed by atoms with E-state index in [1.54, 1.807) is 0 Å². The third-order valence-corrected chi connectivity index (χ3v) is 2.48. The average Bonchev–Trinajstić information content (AvgIpc) is 2.35. The van der Waals surface area contributed by atoms with Crippen molar-refractivity contribution in [3.05, 3.63) is 21.3 Å². The van der Waals surface area contributed by atoms with Crippen LogP contribution in [0.1, 0.15) is 4.88 Å². The van der Waals surface area contributed by atoms with Gasteiger partial charge in [-0.15, -0.1) is 11.3 Å². The summed E-state index contributed by atoms with van der Waals surface area (Å²) in [4.78, 5) is 11.2. The van der Waals surface area contributed by atoms with Gasteiger partial charge in [0.1, 0.15) is 0 Å². The lowest BCUT2D eigenvalue weighted by Gasteiger charge is -1.96. The summed E-state index contributed by atoms with van der Waals surface area (Å²) in [6.45, 7) is 0.541. The highest BCUT2D eigenvalue weighted by atomic mass is 35.5. The standard InChI is InChI=1S/C7H8ClNO2S/c8-5-1-6(12-4-5)2-9-3-7(10)11/h1,4,9H,2-3H2,(H,10,11). The fourth-order valence-electron chi connectivity index (χ4n) is 0.739. The van der Waals surface area contributed by atoms with Gasteiger partial charge < -0.3 is 10.4 Å². The van der Waals surface area contributed by atoms with E-state index in [4.69, 9.17) is 16.7 Å². The van der Waals surface area contributed by atoms with Crippen molar-refractivity contribution in [3.8, 4) is 0 Å². The molecule has 0 saturated heterocycles. The van der Waals surface area contributed by atoms with Crippen molar-refractivity contribution in [3.63, 3.8) is 0 Å². The molecule has 0 aliphatic carbocycles. The number of rotatable bonds is 4. The van der Waals surface area contributed by atoms with Gasteiger partial charge in [0.05, 0.1) is 11.6 Å². The van der Waals surface area contributed by atoms with Gasteiger partial charge in [-0.25, -0.2) is 0 Å². The third-order valence-electron chi connectivity index (χ3n) is 1.20. The van der Waals surface area contributed by atoms with Crippen LogP contribution in [-0.2, 0) is 11.3 Å². The molecule has 0 saturated carbocycles. The molecule has 2 N–H and O–H groups in total. The zero-order chi connectivity index (χ0) is 8.97. The smallest absolute Gasteiger partial charge is 0.317 e. The highest BCUT2D eigenvalue weighted by Gasteiger charge is 1.98. The van der Waals surface area contributed by atoms with Crippen LogP contribution in [0.25, 0.3) is 0 Å². The molecule has 1 rings (SSSR count). The van der Waals surface area contributed by atoms with Crippen molar-refractivity contribution < 1.29 is 9.90 Å². The van der Waals surface area contributed by atoms with Gasteiger partial charge >= 0.3 is 5.97 Å². The van der Waals surface area contributed by atoms with E-state index in [2.05, 4.69) is 5.32 Å². The molecule has 0 spiro atoms. The number of halogens is 1. The maximum atomic E-state index is 10.1. The number of hydrogen-bond acceptors (Lipinski definition) is 3. The number of hydrogen-bond donors (Lipinski definition) is 2. The van der Waals surface area contributed by atoms with Gasteiger partial charge in [-0.2, -0.15) is 0 Å². The van der Waals surface area contributed by atoms with E-state index < -0.39 is 5.97 Å². The maximum absolute atomic E-state index is 10.1. The van der Waals surface area contributed by atoms with Gasteiger partial charge in [0.2, 0.25) is 0 Å². The lowest BCUT2D eigenvalue weighted by atomic mass is 10.4. The fraction of sp³-hybridized carbons (Fsp3) is 0.286. The predicted octanol–water partition coefficient (Wildman–Crippen LogP) is 1.58. The molecule has 3 nitrogen and oxygen atoms in total. The van der Waals surface area contributed by atoms with Crippen LogP contribution in [0.3, 0.4) is 0 Å². The Labute approximate surface area is 79.0 Å². The van der Waals surface area contributed by atoms with Crippen LogP contribution in [0, 0.1) is 0 Å². The Hall–Kier alpha value is -0.580. The Balaban J connectivity index is 2.29. The van der Waals surface area contributed by atoms with Crippen LogP contribution in [-0.4, -0.2) is 17.6 Å². The number of carboxylic acid groups (broad SMARTS) is 1. The molecule has 0 aliphatic heterocycles. The van der Waals surface area contributed by atoms with E-state index >= 15 is 0 Å². The number of carbonyl (C=O) groups is 1. The van der Waals surface area contributed by atoms with Crippen LogP contribution in [0.5, 0.6) is 0 Å². The number of carboxylic acids is 1. The highest BCUT2D eigenvalue weighted by Crippen LogP contribution is 2.18. The molecule has 0 aromatic carbocycles. The number of thiophene rings is 1. The zero-order valence-electron chi connectivity index (χ0n) is 6.21. The van der Waals surface area contributed by atoms with Gasteiger partial charge in [0.15, 0.2) is 0 Å². The molecule has 0 atom stereocenters. The van der Waals surface area contributed by atoms with Crippen molar-refractivity contribution in [1.29, 1.82) is 0 Å².